The lowest BCUT2D eigenvalue weighted by Gasteiger charge is -2.29. The first kappa shape index (κ1) is 27.2. The summed E-state index contributed by atoms with van der Waals surface area (Å²) in [6, 6.07) is 8.44. The minimum absolute atomic E-state index is 0.105. The second-order valence-electron chi connectivity index (χ2n) is 8.86. The molecule has 0 radical (unpaired) electrons. The molecule has 1 saturated heterocycles. The number of aromatic nitrogens is 1. The fourth-order valence-corrected chi connectivity index (χ4v) is 5.22. The van der Waals surface area contributed by atoms with Crippen molar-refractivity contribution in [2.75, 3.05) is 9.80 Å². The number of aryl methyl sites for hydroxylation is 1. The van der Waals surface area contributed by atoms with E-state index in [4.69, 9.17) is 17.5 Å². The van der Waals surface area contributed by atoms with Crippen LogP contribution in [-0.2, 0) is 17.5 Å². The lowest BCUT2D eigenvalue weighted by molar-refractivity contribution is -0.137. The van der Waals surface area contributed by atoms with E-state index in [1.54, 1.807) is 6.92 Å². The van der Waals surface area contributed by atoms with E-state index in [1.165, 1.54) is 60.5 Å². The van der Waals surface area contributed by atoms with Crippen molar-refractivity contribution in [2.24, 2.45) is 0 Å². The number of hydrogen-bond acceptors (Lipinski definition) is 6. The SMILES string of the molecule is Cc1ncc(C(=O)NCc2ccc(N3C(=S)N(c4ccc(C#N)c(C(F)(F)F)c4)C(=O)C3(C)C)cc2F)s1. The number of benzene rings is 2. The van der Waals surface area contributed by atoms with E-state index in [9.17, 15) is 22.8 Å². The number of hydrogen-bond donors (Lipinski definition) is 1. The van der Waals surface area contributed by atoms with Gasteiger partial charge < -0.3 is 10.2 Å². The number of anilines is 2. The predicted molar refractivity (Wildman–Crippen MR) is 137 cm³/mol. The standard InChI is InChI=1S/C25H19F4N5O2S2/c1-13-31-12-20(38-13)21(35)32-11-15-5-7-17(9-19(15)26)34-23(37)33(22(36)24(34,2)3)16-6-4-14(10-30)18(8-16)25(27,28)29/h4-9,12H,11H2,1-3H3,(H,32,35). The Bertz CT molecular complexity index is 1510. The van der Waals surface area contributed by atoms with Crippen LogP contribution in [0.1, 0.15) is 45.2 Å². The van der Waals surface area contributed by atoms with E-state index >= 15 is 4.39 Å². The maximum absolute atomic E-state index is 15.0. The average molecular weight is 562 g/mol. The number of thiazole rings is 1. The van der Waals surface area contributed by atoms with Gasteiger partial charge >= 0.3 is 6.18 Å². The molecule has 0 unspecified atom stereocenters. The fourth-order valence-electron chi connectivity index (χ4n) is 4.01. The molecule has 2 amide bonds. The molecule has 1 N–H and O–H groups in total. The number of amides is 2. The van der Waals surface area contributed by atoms with Crippen LogP contribution < -0.4 is 15.1 Å². The minimum Gasteiger partial charge on any atom is -0.347 e. The van der Waals surface area contributed by atoms with E-state index in [0.29, 0.717) is 16.0 Å². The molecule has 0 saturated carbocycles. The van der Waals surface area contributed by atoms with Crippen LogP contribution >= 0.6 is 23.6 Å². The van der Waals surface area contributed by atoms with E-state index in [2.05, 4.69) is 10.3 Å². The molecule has 13 heteroatoms. The van der Waals surface area contributed by atoms with Gasteiger partial charge in [-0.15, -0.1) is 11.3 Å². The van der Waals surface area contributed by atoms with Gasteiger partial charge in [0.25, 0.3) is 11.8 Å². The molecule has 1 aliphatic rings. The van der Waals surface area contributed by atoms with Gasteiger partial charge in [0.05, 0.1) is 34.1 Å². The second kappa shape index (κ2) is 9.77. The number of carbonyl (C=O) groups is 2. The number of nitrogens with zero attached hydrogens (tertiary/aromatic N) is 4. The normalized spacial score (nSPS) is 15.1. The van der Waals surface area contributed by atoms with Crippen LogP contribution in [0.4, 0.5) is 28.9 Å². The van der Waals surface area contributed by atoms with Crippen molar-refractivity contribution in [3.63, 3.8) is 0 Å². The molecule has 1 fully saturated rings. The van der Waals surface area contributed by atoms with E-state index in [1.807, 2.05) is 0 Å². The van der Waals surface area contributed by atoms with Gasteiger partial charge in [-0.2, -0.15) is 18.4 Å². The Morgan fingerprint density at radius 3 is 2.47 bits per heavy atom. The number of nitrogens with one attached hydrogen (secondary N) is 1. The van der Waals surface area contributed by atoms with Crippen LogP contribution in [0.5, 0.6) is 0 Å². The number of carbonyl (C=O) groups excluding carboxylic acids is 2. The predicted octanol–water partition coefficient (Wildman–Crippen LogP) is 5.33. The summed E-state index contributed by atoms with van der Waals surface area (Å²) in [4.78, 5) is 32.3. The Morgan fingerprint density at radius 2 is 1.89 bits per heavy atom. The van der Waals surface area contributed by atoms with E-state index < -0.39 is 40.5 Å². The zero-order valence-corrected chi connectivity index (χ0v) is 21.8. The number of rotatable bonds is 5. The third-order valence-corrected chi connectivity index (χ3v) is 7.21. The quantitative estimate of drug-likeness (QED) is 0.335. The maximum Gasteiger partial charge on any atom is 0.417 e. The van der Waals surface area contributed by atoms with Crippen molar-refractivity contribution in [2.45, 2.75) is 39.0 Å². The summed E-state index contributed by atoms with van der Waals surface area (Å²) < 4.78 is 55.6. The Balaban J connectivity index is 1.61. The highest BCUT2D eigenvalue weighted by molar-refractivity contribution is 7.81. The average Bonchev–Trinajstić information content (AvgIpc) is 3.35. The number of thiocarbonyl (C=S) groups is 1. The molecule has 196 valence electrons. The van der Waals surface area contributed by atoms with Crippen molar-refractivity contribution < 1.29 is 27.2 Å². The Labute approximate surface area is 224 Å². The molecular formula is C25H19F4N5O2S2. The summed E-state index contributed by atoms with van der Waals surface area (Å²) in [6.07, 6.45) is -3.40. The van der Waals surface area contributed by atoms with Crippen molar-refractivity contribution in [1.82, 2.24) is 10.3 Å². The molecule has 0 atom stereocenters. The first-order valence-electron chi connectivity index (χ1n) is 11.0. The van der Waals surface area contributed by atoms with Crippen molar-refractivity contribution >= 4 is 51.9 Å². The highest BCUT2D eigenvalue weighted by atomic mass is 32.1. The molecule has 1 aromatic heterocycles. The van der Waals surface area contributed by atoms with Crippen molar-refractivity contribution in [3.8, 4) is 6.07 Å². The van der Waals surface area contributed by atoms with Gasteiger partial charge in [0.2, 0.25) is 0 Å². The van der Waals surface area contributed by atoms with Gasteiger partial charge in [0.15, 0.2) is 5.11 Å². The molecule has 4 rings (SSSR count). The van der Waals surface area contributed by atoms with E-state index in [-0.39, 0.29) is 28.6 Å². The molecule has 0 bridgehead atoms. The summed E-state index contributed by atoms with van der Waals surface area (Å²) in [5.74, 6) is -1.70. The fraction of sp³-hybridized carbons (Fsp3) is 0.240. The van der Waals surface area contributed by atoms with Crippen molar-refractivity contribution in [3.05, 3.63) is 75.0 Å². The number of halogens is 4. The molecule has 38 heavy (non-hydrogen) atoms. The zero-order valence-electron chi connectivity index (χ0n) is 20.2. The molecule has 0 spiro atoms. The Kier molecular flexibility index (Phi) is 6.98. The summed E-state index contributed by atoms with van der Waals surface area (Å²) >= 11 is 6.67. The third kappa shape index (κ3) is 4.84. The molecule has 1 aliphatic heterocycles. The first-order chi connectivity index (χ1) is 17.8. The van der Waals surface area contributed by atoms with Gasteiger partial charge in [-0.3, -0.25) is 14.5 Å². The van der Waals surface area contributed by atoms with Crippen LogP contribution in [0.2, 0.25) is 0 Å². The molecule has 2 aromatic carbocycles. The van der Waals surface area contributed by atoms with Crippen LogP contribution in [-0.4, -0.2) is 27.4 Å². The molecule has 0 aliphatic carbocycles. The maximum atomic E-state index is 15.0. The van der Waals surface area contributed by atoms with E-state index in [0.717, 1.165) is 17.0 Å². The van der Waals surface area contributed by atoms with Crippen LogP contribution in [0.3, 0.4) is 0 Å². The Hall–Kier alpha value is -3.89. The monoisotopic (exact) mass is 561 g/mol. The van der Waals surface area contributed by atoms with Crippen molar-refractivity contribution in [1.29, 1.82) is 5.26 Å². The lowest BCUT2D eigenvalue weighted by Crippen LogP contribution is -2.44. The van der Waals surface area contributed by atoms with Gasteiger partial charge in [-0.25, -0.2) is 9.37 Å². The zero-order chi connectivity index (χ0) is 28.0. The smallest absolute Gasteiger partial charge is 0.347 e. The topological polar surface area (TPSA) is 89.3 Å². The van der Waals surface area contributed by atoms with Crippen LogP contribution in [0, 0.1) is 24.1 Å². The minimum atomic E-state index is -4.83. The number of alkyl halides is 3. The summed E-state index contributed by atoms with van der Waals surface area (Å²) in [5, 5.41) is 12.2. The summed E-state index contributed by atoms with van der Waals surface area (Å²) in [6.45, 7) is 4.68. The van der Waals surface area contributed by atoms with Crippen LogP contribution in [0.25, 0.3) is 0 Å². The van der Waals surface area contributed by atoms with Gasteiger partial charge in [0, 0.05) is 17.8 Å². The van der Waals surface area contributed by atoms with Gasteiger partial charge in [-0.1, -0.05) is 6.07 Å². The Morgan fingerprint density at radius 1 is 1.21 bits per heavy atom. The second-order valence-corrected chi connectivity index (χ2v) is 10.5. The highest BCUT2D eigenvalue weighted by Gasteiger charge is 2.50. The molecule has 3 aromatic rings. The van der Waals surface area contributed by atoms with Crippen LogP contribution in [0.15, 0.2) is 42.6 Å². The molecule has 2 heterocycles. The largest absolute Gasteiger partial charge is 0.417 e. The molecular weight excluding hydrogens is 542 g/mol. The first-order valence-corrected chi connectivity index (χ1v) is 12.3. The van der Waals surface area contributed by atoms with Gasteiger partial charge in [0.1, 0.15) is 16.2 Å². The summed E-state index contributed by atoms with van der Waals surface area (Å²) in [7, 11) is 0. The molecule has 7 nitrogen and oxygen atoms in total. The summed E-state index contributed by atoms with van der Waals surface area (Å²) in [5.41, 5.74) is -2.95. The number of nitriles is 1. The third-order valence-electron chi connectivity index (χ3n) is 5.93. The van der Waals surface area contributed by atoms with Gasteiger partial charge in [-0.05, 0) is 63.3 Å². The lowest BCUT2D eigenvalue weighted by atomic mass is 10.0. The highest BCUT2D eigenvalue weighted by Crippen LogP contribution is 2.40.